The van der Waals surface area contributed by atoms with E-state index < -0.39 is 0 Å². The highest BCUT2D eigenvalue weighted by molar-refractivity contribution is 5.29. The van der Waals surface area contributed by atoms with E-state index in [-0.39, 0.29) is 0 Å². The Morgan fingerprint density at radius 3 is 2.78 bits per heavy atom. The molecule has 1 saturated carbocycles. The second-order valence-electron chi connectivity index (χ2n) is 7.88. The third-order valence-corrected chi connectivity index (χ3v) is 6.09. The molecule has 3 heteroatoms. The SMILES string of the molecule is c1cc(CN2CCC3(CCNCC3)C2)cc(OC2CCCC2)c1. The third-order valence-electron chi connectivity index (χ3n) is 6.09. The third kappa shape index (κ3) is 3.72. The number of rotatable bonds is 4. The average Bonchev–Trinajstić information content (AvgIpc) is 3.19. The van der Waals surface area contributed by atoms with Crippen LogP contribution in [0.2, 0.25) is 0 Å². The summed E-state index contributed by atoms with van der Waals surface area (Å²) in [6.45, 7) is 6.03. The summed E-state index contributed by atoms with van der Waals surface area (Å²) in [4.78, 5) is 2.65. The van der Waals surface area contributed by atoms with Crippen LogP contribution in [0.4, 0.5) is 0 Å². The monoisotopic (exact) mass is 314 g/mol. The van der Waals surface area contributed by atoms with E-state index in [1.165, 1.54) is 76.7 Å². The fraction of sp³-hybridized carbons (Fsp3) is 0.700. The Kier molecular flexibility index (Phi) is 4.59. The molecule has 2 saturated heterocycles. The highest BCUT2D eigenvalue weighted by Crippen LogP contribution is 2.39. The van der Waals surface area contributed by atoms with Crippen molar-refractivity contribution >= 4 is 0 Å². The lowest BCUT2D eigenvalue weighted by Crippen LogP contribution is -2.38. The van der Waals surface area contributed by atoms with Crippen LogP contribution in [0.5, 0.6) is 5.75 Å². The number of nitrogens with zero attached hydrogens (tertiary/aromatic N) is 1. The molecule has 23 heavy (non-hydrogen) atoms. The summed E-state index contributed by atoms with van der Waals surface area (Å²) in [5.74, 6) is 1.07. The van der Waals surface area contributed by atoms with Crippen molar-refractivity contribution in [2.45, 2.75) is 57.6 Å². The van der Waals surface area contributed by atoms with Crippen molar-refractivity contribution in [1.82, 2.24) is 10.2 Å². The van der Waals surface area contributed by atoms with E-state index in [1.54, 1.807) is 0 Å². The molecule has 1 spiro atoms. The van der Waals surface area contributed by atoms with E-state index in [2.05, 4.69) is 34.5 Å². The van der Waals surface area contributed by atoms with Crippen LogP contribution < -0.4 is 10.1 Å². The number of nitrogens with one attached hydrogen (secondary N) is 1. The Labute approximate surface area is 140 Å². The van der Waals surface area contributed by atoms with E-state index >= 15 is 0 Å². The predicted molar refractivity (Wildman–Crippen MR) is 93.8 cm³/mol. The molecule has 0 bridgehead atoms. The number of hydrogen-bond donors (Lipinski definition) is 1. The van der Waals surface area contributed by atoms with Gasteiger partial charge in [-0.1, -0.05) is 12.1 Å². The van der Waals surface area contributed by atoms with Gasteiger partial charge in [0.2, 0.25) is 0 Å². The van der Waals surface area contributed by atoms with E-state index in [0.717, 1.165) is 12.3 Å². The molecule has 0 atom stereocenters. The second-order valence-corrected chi connectivity index (χ2v) is 7.88. The van der Waals surface area contributed by atoms with Gasteiger partial charge < -0.3 is 10.1 Å². The van der Waals surface area contributed by atoms with E-state index in [1.807, 2.05) is 0 Å². The largest absolute Gasteiger partial charge is 0.490 e. The molecule has 3 fully saturated rings. The van der Waals surface area contributed by atoms with E-state index in [0.29, 0.717) is 11.5 Å². The number of likely N-dealkylation sites (tertiary alicyclic amines) is 1. The molecule has 0 radical (unpaired) electrons. The fourth-order valence-corrected chi connectivity index (χ4v) is 4.70. The molecule has 2 aliphatic heterocycles. The van der Waals surface area contributed by atoms with Gasteiger partial charge in [-0.2, -0.15) is 0 Å². The fourth-order valence-electron chi connectivity index (χ4n) is 4.70. The van der Waals surface area contributed by atoms with E-state index in [9.17, 15) is 0 Å². The molecule has 0 aromatic heterocycles. The normalized spacial score (nSPS) is 25.2. The number of ether oxygens (including phenoxy) is 1. The Hall–Kier alpha value is -1.06. The van der Waals surface area contributed by atoms with Crippen molar-refractivity contribution in [2.24, 2.45) is 5.41 Å². The molecule has 3 aliphatic rings. The molecular weight excluding hydrogens is 284 g/mol. The average molecular weight is 314 g/mol. The summed E-state index contributed by atoms with van der Waals surface area (Å²) in [5.41, 5.74) is 2.01. The Balaban J connectivity index is 1.35. The molecule has 1 aliphatic carbocycles. The smallest absolute Gasteiger partial charge is 0.120 e. The quantitative estimate of drug-likeness (QED) is 0.919. The molecular formula is C20H30N2O. The van der Waals surface area contributed by atoms with Crippen LogP contribution in [-0.2, 0) is 6.54 Å². The molecule has 126 valence electrons. The summed E-state index contributed by atoms with van der Waals surface area (Å²) in [6, 6.07) is 8.82. The first-order valence-electron chi connectivity index (χ1n) is 9.50. The minimum atomic E-state index is 0.454. The summed E-state index contributed by atoms with van der Waals surface area (Å²) < 4.78 is 6.16. The lowest BCUT2D eigenvalue weighted by atomic mass is 9.78. The molecule has 1 N–H and O–H groups in total. The number of hydrogen-bond acceptors (Lipinski definition) is 3. The van der Waals surface area contributed by atoms with Gasteiger partial charge in [0.1, 0.15) is 5.75 Å². The molecule has 3 nitrogen and oxygen atoms in total. The molecule has 0 unspecified atom stereocenters. The first-order chi connectivity index (χ1) is 11.3. The second kappa shape index (κ2) is 6.82. The maximum atomic E-state index is 6.16. The molecule has 4 rings (SSSR count). The zero-order valence-corrected chi connectivity index (χ0v) is 14.2. The lowest BCUT2D eigenvalue weighted by molar-refractivity contribution is 0.193. The van der Waals surface area contributed by atoms with Gasteiger partial charge in [0.15, 0.2) is 0 Å². The van der Waals surface area contributed by atoms with Gasteiger partial charge in [-0.15, -0.1) is 0 Å². The van der Waals surface area contributed by atoms with Gasteiger partial charge in [-0.3, -0.25) is 4.90 Å². The van der Waals surface area contributed by atoms with Crippen molar-refractivity contribution in [3.05, 3.63) is 29.8 Å². The Morgan fingerprint density at radius 1 is 1.13 bits per heavy atom. The molecule has 0 amide bonds. The summed E-state index contributed by atoms with van der Waals surface area (Å²) in [6.07, 6.45) is 9.66. The van der Waals surface area contributed by atoms with Crippen LogP contribution in [0, 0.1) is 5.41 Å². The Morgan fingerprint density at radius 2 is 1.96 bits per heavy atom. The summed E-state index contributed by atoms with van der Waals surface area (Å²) >= 11 is 0. The summed E-state index contributed by atoms with van der Waals surface area (Å²) in [5, 5.41) is 3.51. The van der Waals surface area contributed by atoms with Crippen molar-refractivity contribution in [3.63, 3.8) is 0 Å². The van der Waals surface area contributed by atoms with Gasteiger partial charge in [-0.05, 0) is 87.7 Å². The van der Waals surface area contributed by atoms with Gasteiger partial charge in [-0.25, -0.2) is 0 Å². The number of benzene rings is 1. The summed E-state index contributed by atoms with van der Waals surface area (Å²) in [7, 11) is 0. The van der Waals surface area contributed by atoms with Crippen LogP contribution in [0.15, 0.2) is 24.3 Å². The molecule has 2 heterocycles. The number of piperidine rings is 1. The maximum absolute atomic E-state index is 6.16. The Bertz CT molecular complexity index is 518. The topological polar surface area (TPSA) is 24.5 Å². The standard InChI is InChI=1S/C20H30N2O/c1-2-6-18(5-1)23-19-7-3-4-17(14-19)15-22-13-10-20(16-22)8-11-21-12-9-20/h3-4,7,14,18,21H,1-2,5-6,8-13,15-16H2. The first kappa shape index (κ1) is 15.5. The van der Waals surface area contributed by atoms with Gasteiger partial charge in [0.05, 0.1) is 6.10 Å². The molecule has 1 aromatic rings. The minimum Gasteiger partial charge on any atom is -0.490 e. The van der Waals surface area contributed by atoms with Crippen LogP contribution in [-0.4, -0.2) is 37.2 Å². The van der Waals surface area contributed by atoms with Crippen LogP contribution in [0.25, 0.3) is 0 Å². The lowest BCUT2D eigenvalue weighted by Gasteiger charge is -2.34. The van der Waals surface area contributed by atoms with Crippen LogP contribution in [0.3, 0.4) is 0 Å². The van der Waals surface area contributed by atoms with Crippen molar-refractivity contribution < 1.29 is 4.74 Å². The van der Waals surface area contributed by atoms with Gasteiger partial charge in [0.25, 0.3) is 0 Å². The zero-order valence-electron chi connectivity index (χ0n) is 14.2. The van der Waals surface area contributed by atoms with Crippen molar-refractivity contribution in [3.8, 4) is 5.75 Å². The highest BCUT2D eigenvalue weighted by atomic mass is 16.5. The predicted octanol–water partition coefficient (Wildman–Crippen LogP) is 3.58. The minimum absolute atomic E-state index is 0.454. The van der Waals surface area contributed by atoms with E-state index in [4.69, 9.17) is 4.74 Å². The van der Waals surface area contributed by atoms with Crippen LogP contribution in [0.1, 0.15) is 50.5 Å². The van der Waals surface area contributed by atoms with Gasteiger partial charge >= 0.3 is 0 Å². The van der Waals surface area contributed by atoms with Gasteiger partial charge in [0, 0.05) is 13.1 Å². The molecule has 1 aromatic carbocycles. The zero-order chi connectivity index (χ0) is 15.5. The maximum Gasteiger partial charge on any atom is 0.120 e. The van der Waals surface area contributed by atoms with Crippen LogP contribution >= 0.6 is 0 Å². The van der Waals surface area contributed by atoms with Crippen molar-refractivity contribution in [1.29, 1.82) is 0 Å². The van der Waals surface area contributed by atoms with Crippen molar-refractivity contribution in [2.75, 3.05) is 26.2 Å². The first-order valence-corrected chi connectivity index (χ1v) is 9.50. The highest BCUT2D eigenvalue weighted by Gasteiger charge is 2.38.